The molecule has 0 fully saturated rings. The SMILES string of the molecule is CCn1cncc1CNc1ccc(Cl)c2cccnc12. The number of nitrogens with one attached hydrogen (secondary N) is 1. The van der Waals surface area contributed by atoms with Gasteiger partial charge in [-0.2, -0.15) is 0 Å². The number of pyridine rings is 1. The first kappa shape index (κ1) is 12.9. The van der Waals surface area contributed by atoms with Crippen molar-refractivity contribution in [3.8, 4) is 0 Å². The van der Waals surface area contributed by atoms with Crippen molar-refractivity contribution < 1.29 is 0 Å². The molecule has 3 aromatic rings. The van der Waals surface area contributed by atoms with Gasteiger partial charge in [0.1, 0.15) is 0 Å². The summed E-state index contributed by atoms with van der Waals surface area (Å²) in [6.07, 6.45) is 5.50. The Bertz CT molecular complexity index is 736. The molecule has 0 aliphatic heterocycles. The number of benzene rings is 1. The predicted octanol–water partition coefficient (Wildman–Crippen LogP) is 3.72. The summed E-state index contributed by atoms with van der Waals surface area (Å²) >= 11 is 6.19. The minimum Gasteiger partial charge on any atom is -0.378 e. The van der Waals surface area contributed by atoms with E-state index in [4.69, 9.17) is 11.6 Å². The zero-order chi connectivity index (χ0) is 13.9. The van der Waals surface area contributed by atoms with Crippen LogP contribution in [-0.4, -0.2) is 14.5 Å². The number of hydrogen-bond donors (Lipinski definition) is 1. The highest BCUT2D eigenvalue weighted by Crippen LogP contribution is 2.28. The summed E-state index contributed by atoms with van der Waals surface area (Å²) in [5.41, 5.74) is 3.02. The van der Waals surface area contributed by atoms with E-state index in [2.05, 4.69) is 26.8 Å². The fourth-order valence-electron chi connectivity index (χ4n) is 2.25. The molecule has 4 nitrogen and oxygen atoms in total. The Morgan fingerprint density at radius 2 is 2.20 bits per heavy atom. The van der Waals surface area contributed by atoms with Crippen LogP contribution < -0.4 is 5.32 Å². The fraction of sp³-hybridized carbons (Fsp3) is 0.200. The van der Waals surface area contributed by atoms with Crippen molar-refractivity contribution in [1.29, 1.82) is 0 Å². The number of fused-ring (bicyclic) bond motifs is 1. The standard InChI is InChI=1S/C15H15ClN4/c1-2-20-10-17-8-11(20)9-19-14-6-5-13(16)12-4-3-7-18-15(12)14/h3-8,10,19H,2,9H2,1H3. The fourth-order valence-corrected chi connectivity index (χ4v) is 2.46. The lowest BCUT2D eigenvalue weighted by atomic mass is 10.2. The maximum Gasteiger partial charge on any atom is 0.0948 e. The second-order valence-electron chi connectivity index (χ2n) is 4.52. The first-order valence-electron chi connectivity index (χ1n) is 6.55. The van der Waals surface area contributed by atoms with Gasteiger partial charge in [0.2, 0.25) is 0 Å². The van der Waals surface area contributed by atoms with E-state index in [-0.39, 0.29) is 0 Å². The smallest absolute Gasteiger partial charge is 0.0948 e. The van der Waals surface area contributed by atoms with Crippen LogP contribution in [0.3, 0.4) is 0 Å². The molecule has 1 aromatic carbocycles. The number of anilines is 1. The average molecular weight is 287 g/mol. The molecule has 0 atom stereocenters. The summed E-state index contributed by atoms with van der Waals surface area (Å²) in [5, 5.41) is 5.09. The molecular formula is C15H15ClN4. The summed E-state index contributed by atoms with van der Waals surface area (Å²) in [5.74, 6) is 0. The molecule has 2 heterocycles. The minimum absolute atomic E-state index is 0.709. The van der Waals surface area contributed by atoms with Gasteiger partial charge in [-0.1, -0.05) is 11.6 Å². The van der Waals surface area contributed by atoms with Crippen molar-refractivity contribution in [1.82, 2.24) is 14.5 Å². The van der Waals surface area contributed by atoms with E-state index >= 15 is 0 Å². The Kier molecular flexibility index (Phi) is 3.56. The van der Waals surface area contributed by atoms with Crippen LogP contribution in [0, 0.1) is 0 Å². The van der Waals surface area contributed by atoms with E-state index < -0.39 is 0 Å². The van der Waals surface area contributed by atoms with E-state index in [0.29, 0.717) is 6.54 Å². The highest BCUT2D eigenvalue weighted by atomic mass is 35.5. The van der Waals surface area contributed by atoms with Crippen molar-refractivity contribution >= 4 is 28.2 Å². The van der Waals surface area contributed by atoms with Crippen LogP contribution in [0.25, 0.3) is 10.9 Å². The number of hydrogen-bond acceptors (Lipinski definition) is 3. The first-order valence-corrected chi connectivity index (χ1v) is 6.93. The highest BCUT2D eigenvalue weighted by molar-refractivity contribution is 6.35. The maximum absolute atomic E-state index is 6.19. The number of aryl methyl sites for hydroxylation is 1. The van der Waals surface area contributed by atoms with Crippen LogP contribution in [0.1, 0.15) is 12.6 Å². The van der Waals surface area contributed by atoms with Crippen LogP contribution in [0.2, 0.25) is 5.02 Å². The van der Waals surface area contributed by atoms with Gasteiger partial charge in [0.25, 0.3) is 0 Å². The topological polar surface area (TPSA) is 42.7 Å². The van der Waals surface area contributed by atoms with Gasteiger partial charge in [0.15, 0.2) is 0 Å². The van der Waals surface area contributed by atoms with Crippen molar-refractivity contribution in [3.05, 3.63) is 53.7 Å². The molecule has 5 heteroatoms. The number of aromatic nitrogens is 3. The summed E-state index contributed by atoms with van der Waals surface area (Å²) in [6, 6.07) is 7.73. The summed E-state index contributed by atoms with van der Waals surface area (Å²) < 4.78 is 2.11. The van der Waals surface area contributed by atoms with Crippen molar-refractivity contribution in [2.75, 3.05) is 5.32 Å². The normalized spacial score (nSPS) is 10.9. The highest BCUT2D eigenvalue weighted by Gasteiger charge is 2.06. The third-order valence-electron chi connectivity index (χ3n) is 3.32. The molecule has 0 aliphatic carbocycles. The molecule has 0 saturated heterocycles. The molecular weight excluding hydrogens is 272 g/mol. The second kappa shape index (κ2) is 5.51. The summed E-state index contributed by atoms with van der Waals surface area (Å²) in [4.78, 5) is 8.58. The van der Waals surface area contributed by atoms with Crippen LogP contribution >= 0.6 is 11.6 Å². The van der Waals surface area contributed by atoms with E-state index in [1.54, 1.807) is 6.20 Å². The Morgan fingerprint density at radius 3 is 3.05 bits per heavy atom. The van der Waals surface area contributed by atoms with Crippen LogP contribution in [-0.2, 0) is 13.1 Å². The molecule has 0 amide bonds. The van der Waals surface area contributed by atoms with E-state index in [9.17, 15) is 0 Å². The lowest BCUT2D eigenvalue weighted by Gasteiger charge is -2.11. The van der Waals surface area contributed by atoms with Crippen molar-refractivity contribution in [2.24, 2.45) is 0 Å². The Balaban J connectivity index is 1.90. The number of nitrogens with zero attached hydrogens (tertiary/aromatic N) is 3. The van der Waals surface area contributed by atoms with Crippen molar-refractivity contribution in [2.45, 2.75) is 20.0 Å². The zero-order valence-electron chi connectivity index (χ0n) is 11.2. The van der Waals surface area contributed by atoms with Crippen molar-refractivity contribution in [3.63, 3.8) is 0 Å². The quantitative estimate of drug-likeness (QED) is 0.795. The monoisotopic (exact) mass is 286 g/mol. The third kappa shape index (κ3) is 2.34. The minimum atomic E-state index is 0.709. The molecule has 2 aromatic heterocycles. The van der Waals surface area contributed by atoms with E-state index in [1.807, 2.05) is 36.8 Å². The lowest BCUT2D eigenvalue weighted by molar-refractivity contribution is 0.720. The molecule has 0 unspecified atom stereocenters. The van der Waals surface area contributed by atoms with Gasteiger partial charge in [-0.3, -0.25) is 4.98 Å². The summed E-state index contributed by atoms with van der Waals surface area (Å²) in [6.45, 7) is 3.72. The molecule has 102 valence electrons. The Morgan fingerprint density at radius 1 is 1.30 bits per heavy atom. The zero-order valence-corrected chi connectivity index (χ0v) is 11.9. The van der Waals surface area contributed by atoms with Gasteiger partial charge in [-0.15, -0.1) is 0 Å². The number of halogens is 1. The molecule has 20 heavy (non-hydrogen) atoms. The van der Waals surface area contributed by atoms with Gasteiger partial charge in [-0.25, -0.2) is 4.98 Å². The Hall–Kier alpha value is -2.07. The second-order valence-corrected chi connectivity index (χ2v) is 4.93. The molecule has 0 bridgehead atoms. The molecule has 0 aliphatic rings. The van der Waals surface area contributed by atoms with Crippen LogP contribution in [0.15, 0.2) is 43.0 Å². The van der Waals surface area contributed by atoms with E-state index in [0.717, 1.165) is 33.9 Å². The van der Waals surface area contributed by atoms with Crippen LogP contribution in [0.4, 0.5) is 5.69 Å². The van der Waals surface area contributed by atoms with Gasteiger partial charge >= 0.3 is 0 Å². The first-order chi connectivity index (χ1) is 9.79. The van der Waals surface area contributed by atoms with E-state index in [1.165, 1.54) is 0 Å². The Labute approximate surface area is 122 Å². The predicted molar refractivity (Wildman–Crippen MR) is 82.0 cm³/mol. The van der Waals surface area contributed by atoms with Crippen LogP contribution in [0.5, 0.6) is 0 Å². The van der Waals surface area contributed by atoms with Gasteiger partial charge in [0.05, 0.1) is 34.8 Å². The number of imidazole rings is 1. The lowest BCUT2D eigenvalue weighted by Crippen LogP contribution is -2.06. The maximum atomic E-state index is 6.19. The molecule has 0 saturated carbocycles. The number of rotatable bonds is 4. The van der Waals surface area contributed by atoms with Gasteiger partial charge < -0.3 is 9.88 Å². The summed E-state index contributed by atoms with van der Waals surface area (Å²) in [7, 11) is 0. The third-order valence-corrected chi connectivity index (χ3v) is 3.65. The molecule has 0 radical (unpaired) electrons. The van der Waals surface area contributed by atoms with Gasteiger partial charge in [0, 0.05) is 24.3 Å². The average Bonchev–Trinajstić information content (AvgIpc) is 2.94. The van der Waals surface area contributed by atoms with Gasteiger partial charge in [-0.05, 0) is 31.2 Å². The molecule has 0 spiro atoms. The molecule has 3 rings (SSSR count). The molecule has 1 N–H and O–H groups in total. The largest absolute Gasteiger partial charge is 0.378 e.